The highest BCUT2D eigenvalue weighted by Crippen LogP contribution is 2.38. The molecule has 1 amide bonds. The minimum Gasteiger partial charge on any atom is -0.496 e. The van der Waals surface area contributed by atoms with Crippen molar-refractivity contribution in [2.45, 2.75) is 24.4 Å². The van der Waals surface area contributed by atoms with Gasteiger partial charge in [-0.15, -0.1) is 0 Å². The van der Waals surface area contributed by atoms with Crippen molar-refractivity contribution in [2.75, 3.05) is 32.7 Å². The summed E-state index contributed by atoms with van der Waals surface area (Å²) in [7, 11) is 0.0480. The first-order valence-corrected chi connectivity index (χ1v) is 13.0. The number of alkyl carbamates (subject to hydrolysis) is 1. The zero-order valence-electron chi connectivity index (χ0n) is 20.8. The van der Waals surface area contributed by atoms with E-state index >= 15 is 0 Å². The first-order valence-electron chi connectivity index (χ1n) is 11.5. The van der Waals surface area contributed by atoms with E-state index in [0.29, 0.717) is 42.0 Å². The van der Waals surface area contributed by atoms with Gasteiger partial charge < -0.3 is 28.8 Å². The minimum absolute atomic E-state index is 0.0258. The van der Waals surface area contributed by atoms with E-state index in [1.54, 1.807) is 35.3 Å². The van der Waals surface area contributed by atoms with Gasteiger partial charge in [0.1, 0.15) is 27.5 Å². The van der Waals surface area contributed by atoms with E-state index in [2.05, 4.69) is 25.0 Å². The predicted octanol–water partition coefficient (Wildman–Crippen LogP) is 2.68. The minimum atomic E-state index is -4.12. The molecular formula is C24H25N5O8S. The van der Waals surface area contributed by atoms with Gasteiger partial charge in [-0.25, -0.2) is 13.2 Å². The van der Waals surface area contributed by atoms with Crippen LogP contribution in [0.5, 0.6) is 17.2 Å². The number of aromatic nitrogens is 3. The molecule has 5 rings (SSSR count). The Labute approximate surface area is 217 Å². The Balaban J connectivity index is 1.40. The molecule has 3 heterocycles. The highest BCUT2D eigenvalue weighted by molar-refractivity contribution is 7.92. The molecule has 14 heteroatoms. The van der Waals surface area contributed by atoms with Crippen LogP contribution in [0.15, 0.2) is 46.1 Å². The highest BCUT2D eigenvalue weighted by atomic mass is 32.2. The second kappa shape index (κ2) is 10.1. The Morgan fingerprint density at radius 2 is 1.92 bits per heavy atom. The summed E-state index contributed by atoms with van der Waals surface area (Å²) in [6.07, 6.45) is 3.55. The molecule has 2 aromatic heterocycles. The number of nitrogens with zero attached hydrogens (tertiary/aromatic N) is 3. The number of nitrogens with one attached hydrogen (secondary N) is 2. The molecule has 0 radical (unpaired) electrons. The number of rotatable bonds is 9. The maximum absolute atomic E-state index is 13.3. The lowest BCUT2D eigenvalue weighted by Gasteiger charge is -2.12. The van der Waals surface area contributed by atoms with E-state index in [4.69, 9.17) is 18.7 Å². The number of carbonyl (C=O) groups excluding carboxylic acids is 1. The Morgan fingerprint density at radius 1 is 1.11 bits per heavy atom. The third-order valence-corrected chi connectivity index (χ3v) is 7.33. The monoisotopic (exact) mass is 543 g/mol. The molecule has 13 nitrogen and oxygen atoms in total. The number of hydrogen-bond acceptors (Lipinski definition) is 10. The molecular weight excluding hydrogens is 518 g/mol. The van der Waals surface area contributed by atoms with Crippen LogP contribution in [-0.4, -0.2) is 57.4 Å². The molecule has 0 saturated heterocycles. The summed E-state index contributed by atoms with van der Waals surface area (Å²) in [6, 6.07) is 6.58. The SMILES string of the molecule is COC(=O)NCc1cnn(Cc2cc(OC)c3c(NS(=O)(=O)c4cc5c(cc4OC)CCO5)noc3c2)c1. The fraction of sp³-hybridized carbons (Fsp3) is 0.292. The summed E-state index contributed by atoms with van der Waals surface area (Å²) < 4.78 is 57.3. The molecule has 4 aromatic rings. The number of ether oxygens (including phenoxy) is 4. The molecule has 0 bridgehead atoms. The summed E-state index contributed by atoms with van der Waals surface area (Å²) in [5.41, 5.74) is 2.76. The quantitative estimate of drug-likeness (QED) is 0.322. The number of fused-ring (bicyclic) bond motifs is 2. The Kier molecular flexibility index (Phi) is 6.72. The lowest BCUT2D eigenvalue weighted by atomic mass is 10.1. The molecule has 1 aliphatic rings. The van der Waals surface area contributed by atoms with Crippen LogP contribution in [0.4, 0.5) is 10.6 Å². The van der Waals surface area contributed by atoms with Crippen LogP contribution in [0.2, 0.25) is 0 Å². The van der Waals surface area contributed by atoms with Crippen molar-refractivity contribution < 1.29 is 36.7 Å². The fourth-order valence-corrected chi connectivity index (χ4v) is 5.34. The van der Waals surface area contributed by atoms with Gasteiger partial charge in [-0.2, -0.15) is 5.10 Å². The summed E-state index contributed by atoms with van der Waals surface area (Å²) >= 11 is 0. The smallest absolute Gasteiger partial charge is 0.407 e. The number of benzene rings is 2. The van der Waals surface area contributed by atoms with Gasteiger partial charge in [0.2, 0.25) is 0 Å². The highest BCUT2D eigenvalue weighted by Gasteiger charge is 2.27. The molecule has 2 N–H and O–H groups in total. The number of anilines is 1. The van der Waals surface area contributed by atoms with Gasteiger partial charge in [0, 0.05) is 36.4 Å². The Hall–Kier alpha value is -4.46. The molecule has 38 heavy (non-hydrogen) atoms. The van der Waals surface area contributed by atoms with Crippen molar-refractivity contribution in [3.8, 4) is 17.2 Å². The molecule has 200 valence electrons. The summed E-state index contributed by atoms with van der Waals surface area (Å²) in [6.45, 7) is 1.10. The maximum Gasteiger partial charge on any atom is 0.407 e. The van der Waals surface area contributed by atoms with Crippen molar-refractivity contribution in [3.05, 3.63) is 53.3 Å². The van der Waals surface area contributed by atoms with Crippen molar-refractivity contribution in [1.29, 1.82) is 0 Å². The van der Waals surface area contributed by atoms with E-state index in [1.807, 2.05) is 0 Å². The molecule has 2 aromatic carbocycles. The predicted molar refractivity (Wildman–Crippen MR) is 134 cm³/mol. The van der Waals surface area contributed by atoms with Crippen LogP contribution in [0.3, 0.4) is 0 Å². The lowest BCUT2D eigenvalue weighted by molar-refractivity contribution is 0.170. The standard InChI is InChI=1S/C24H25N5O8S/c1-33-18-8-16-4-5-36-17(16)9-21(18)38(31,32)28-23-22-19(34-2)6-14(7-20(22)37-27-23)12-29-13-15(11-26-29)10-25-24(30)35-3/h6-9,11,13H,4-5,10,12H2,1-3H3,(H,25,30)(H,27,28). The largest absolute Gasteiger partial charge is 0.496 e. The average molecular weight is 544 g/mol. The van der Waals surface area contributed by atoms with Crippen LogP contribution in [0.25, 0.3) is 11.0 Å². The van der Waals surface area contributed by atoms with E-state index in [0.717, 1.165) is 16.7 Å². The molecule has 0 saturated carbocycles. The van der Waals surface area contributed by atoms with Gasteiger partial charge in [0.25, 0.3) is 10.0 Å². The average Bonchev–Trinajstić information content (AvgIpc) is 3.66. The van der Waals surface area contributed by atoms with Gasteiger partial charge in [-0.05, 0) is 23.8 Å². The van der Waals surface area contributed by atoms with Crippen LogP contribution < -0.4 is 24.2 Å². The van der Waals surface area contributed by atoms with Crippen LogP contribution in [0.1, 0.15) is 16.7 Å². The van der Waals surface area contributed by atoms with Crippen LogP contribution in [0, 0.1) is 0 Å². The summed E-state index contributed by atoms with van der Waals surface area (Å²) in [5, 5.41) is 11.2. The van der Waals surface area contributed by atoms with E-state index < -0.39 is 16.1 Å². The zero-order valence-corrected chi connectivity index (χ0v) is 21.6. The van der Waals surface area contributed by atoms with E-state index in [9.17, 15) is 13.2 Å². The second-order valence-corrected chi connectivity index (χ2v) is 10.1. The lowest BCUT2D eigenvalue weighted by Crippen LogP contribution is -2.21. The van der Waals surface area contributed by atoms with Crippen molar-refractivity contribution in [2.24, 2.45) is 0 Å². The molecule has 0 aliphatic carbocycles. The topological polar surface area (TPSA) is 156 Å². The van der Waals surface area contributed by atoms with E-state index in [1.165, 1.54) is 27.4 Å². The number of amides is 1. The van der Waals surface area contributed by atoms with Crippen LogP contribution in [-0.2, 0) is 34.3 Å². The Morgan fingerprint density at radius 3 is 2.68 bits per heavy atom. The number of methoxy groups -OCH3 is 3. The third-order valence-electron chi connectivity index (χ3n) is 5.97. The van der Waals surface area contributed by atoms with Crippen LogP contribution >= 0.6 is 0 Å². The number of carbonyl (C=O) groups is 1. The molecule has 0 fully saturated rings. The zero-order chi connectivity index (χ0) is 26.9. The maximum atomic E-state index is 13.3. The third kappa shape index (κ3) is 4.89. The molecule has 0 unspecified atom stereocenters. The second-order valence-electron chi connectivity index (χ2n) is 8.41. The van der Waals surface area contributed by atoms with Crippen molar-refractivity contribution >= 4 is 32.9 Å². The van der Waals surface area contributed by atoms with E-state index in [-0.39, 0.29) is 23.0 Å². The Bertz CT molecular complexity index is 1610. The summed E-state index contributed by atoms with van der Waals surface area (Å²) in [5.74, 6) is 1.04. The molecule has 1 aliphatic heterocycles. The van der Waals surface area contributed by atoms with Gasteiger partial charge >= 0.3 is 6.09 Å². The summed E-state index contributed by atoms with van der Waals surface area (Å²) in [4.78, 5) is 11.2. The number of sulfonamides is 1. The van der Waals surface area contributed by atoms with Crippen molar-refractivity contribution in [1.82, 2.24) is 20.3 Å². The fourth-order valence-electron chi connectivity index (χ4n) is 4.17. The van der Waals surface area contributed by atoms with Crippen molar-refractivity contribution in [3.63, 3.8) is 0 Å². The van der Waals surface area contributed by atoms with Gasteiger partial charge in [-0.1, -0.05) is 5.16 Å². The van der Waals surface area contributed by atoms with Gasteiger partial charge in [-0.3, -0.25) is 9.40 Å². The first kappa shape index (κ1) is 25.2. The molecule has 0 spiro atoms. The normalized spacial score (nSPS) is 12.6. The van der Waals surface area contributed by atoms with Gasteiger partial charge in [0.05, 0.1) is 40.7 Å². The van der Waals surface area contributed by atoms with Gasteiger partial charge in [0.15, 0.2) is 11.4 Å². The molecule has 0 atom stereocenters. The number of hydrogen-bond donors (Lipinski definition) is 2. The first-order chi connectivity index (χ1) is 18.3.